The molecule has 0 aliphatic carbocycles. The van der Waals surface area contributed by atoms with E-state index >= 15 is 0 Å². The van der Waals surface area contributed by atoms with Crippen molar-refractivity contribution < 1.29 is 9.18 Å². The van der Waals surface area contributed by atoms with Crippen molar-refractivity contribution in [3.8, 4) is 6.07 Å². The van der Waals surface area contributed by atoms with E-state index in [0.717, 1.165) is 0 Å². The van der Waals surface area contributed by atoms with Gasteiger partial charge in [0, 0.05) is 26.2 Å². The highest BCUT2D eigenvalue weighted by Gasteiger charge is 2.26. The molecule has 0 aromatic heterocycles. The summed E-state index contributed by atoms with van der Waals surface area (Å²) in [7, 11) is 0. The van der Waals surface area contributed by atoms with E-state index in [2.05, 4.69) is 6.07 Å². The number of hydrogen-bond acceptors (Lipinski definition) is 3. The Morgan fingerprint density at radius 1 is 1.40 bits per heavy atom. The second-order valence-electron chi connectivity index (χ2n) is 4.73. The molecule has 1 unspecified atom stereocenters. The first-order chi connectivity index (χ1) is 9.54. The molecule has 2 rings (SSSR count). The minimum atomic E-state index is -0.589. The second kappa shape index (κ2) is 6.21. The lowest BCUT2D eigenvalue weighted by atomic mass is 10.1. The Kier molecular flexibility index (Phi) is 4.58. The van der Waals surface area contributed by atoms with E-state index in [-0.39, 0.29) is 22.5 Å². The molecule has 0 bridgehead atoms. The van der Waals surface area contributed by atoms with Gasteiger partial charge in [0.05, 0.1) is 22.7 Å². The third-order valence-corrected chi connectivity index (χ3v) is 3.90. The van der Waals surface area contributed by atoms with Gasteiger partial charge in [-0.15, -0.1) is 0 Å². The van der Waals surface area contributed by atoms with E-state index in [1.807, 2.05) is 11.8 Å². The Bertz CT molecular complexity index is 550. The zero-order valence-corrected chi connectivity index (χ0v) is 11.9. The van der Waals surface area contributed by atoms with Crippen LogP contribution in [0.1, 0.15) is 17.3 Å². The number of amides is 1. The number of carbonyl (C=O) groups is 1. The standard InChI is InChI=1S/C14H15ClFN3O/c1-10(9-17)18-5-7-19(8-6-18)14(20)11-3-2-4-12(16)13(11)15/h2-4,10H,5-8H2,1H3. The predicted octanol–water partition coefficient (Wildman–Crippen LogP) is 2.15. The quantitative estimate of drug-likeness (QED) is 0.840. The van der Waals surface area contributed by atoms with Crippen molar-refractivity contribution in [1.29, 1.82) is 5.26 Å². The highest BCUT2D eigenvalue weighted by atomic mass is 35.5. The Balaban J connectivity index is 2.06. The van der Waals surface area contributed by atoms with Crippen molar-refractivity contribution in [2.45, 2.75) is 13.0 Å². The molecule has 1 aromatic carbocycles. The molecule has 0 N–H and O–H groups in total. The van der Waals surface area contributed by atoms with E-state index in [0.29, 0.717) is 26.2 Å². The Morgan fingerprint density at radius 2 is 2.05 bits per heavy atom. The van der Waals surface area contributed by atoms with Crippen molar-refractivity contribution >= 4 is 17.5 Å². The number of nitriles is 1. The van der Waals surface area contributed by atoms with E-state index in [1.54, 1.807) is 4.90 Å². The van der Waals surface area contributed by atoms with Crippen LogP contribution >= 0.6 is 11.6 Å². The number of benzene rings is 1. The Hall–Kier alpha value is -1.64. The third-order valence-electron chi connectivity index (χ3n) is 3.52. The number of piperazine rings is 1. The minimum Gasteiger partial charge on any atom is -0.336 e. The summed E-state index contributed by atoms with van der Waals surface area (Å²) >= 11 is 5.83. The summed E-state index contributed by atoms with van der Waals surface area (Å²) in [6.45, 7) is 4.12. The fourth-order valence-corrected chi connectivity index (χ4v) is 2.44. The van der Waals surface area contributed by atoms with Crippen molar-refractivity contribution in [3.05, 3.63) is 34.6 Å². The smallest absolute Gasteiger partial charge is 0.255 e. The van der Waals surface area contributed by atoms with Crippen LogP contribution in [-0.4, -0.2) is 47.9 Å². The van der Waals surface area contributed by atoms with E-state index in [1.165, 1.54) is 18.2 Å². The minimum absolute atomic E-state index is 0.134. The lowest BCUT2D eigenvalue weighted by Crippen LogP contribution is -2.51. The molecule has 1 saturated heterocycles. The Morgan fingerprint density at radius 3 is 2.65 bits per heavy atom. The summed E-state index contributed by atoms with van der Waals surface area (Å²) in [5, 5.41) is 8.74. The van der Waals surface area contributed by atoms with Gasteiger partial charge < -0.3 is 4.90 Å². The molecule has 4 nitrogen and oxygen atoms in total. The summed E-state index contributed by atoms with van der Waals surface area (Å²) in [5.41, 5.74) is 0.188. The van der Waals surface area contributed by atoms with Crippen LogP contribution in [0.15, 0.2) is 18.2 Å². The van der Waals surface area contributed by atoms with Gasteiger partial charge in [-0.05, 0) is 19.1 Å². The Labute approximate surface area is 122 Å². The number of rotatable bonds is 2. The first-order valence-electron chi connectivity index (χ1n) is 6.41. The maximum absolute atomic E-state index is 13.4. The molecule has 1 aromatic rings. The molecule has 1 heterocycles. The number of nitrogens with zero attached hydrogens (tertiary/aromatic N) is 3. The summed E-state index contributed by atoms with van der Waals surface area (Å²) in [5.74, 6) is -0.854. The van der Waals surface area contributed by atoms with Crippen LogP contribution in [0.4, 0.5) is 4.39 Å². The van der Waals surface area contributed by atoms with Crippen LogP contribution in [-0.2, 0) is 0 Å². The summed E-state index contributed by atoms with van der Waals surface area (Å²) in [6, 6.07) is 6.25. The van der Waals surface area contributed by atoms with Crippen molar-refractivity contribution in [2.75, 3.05) is 26.2 Å². The number of halogens is 2. The van der Waals surface area contributed by atoms with Crippen molar-refractivity contribution in [3.63, 3.8) is 0 Å². The third kappa shape index (κ3) is 2.92. The molecular weight excluding hydrogens is 281 g/mol. The molecule has 20 heavy (non-hydrogen) atoms. The van der Waals surface area contributed by atoms with Gasteiger partial charge in [-0.2, -0.15) is 5.26 Å². The molecule has 6 heteroatoms. The van der Waals surface area contributed by atoms with Gasteiger partial charge >= 0.3 is 0 Å². The van der Waals surface area contributed by atoms with E-state index in [9.17, 15) is 9.18 Å². The van der Waals surface area contributed by atoms with Crippen LogP contribution < -0.4 is 0 Å². The monoisotopic (exact) mass is 295 g/mol. The van der Waals surface area contributed by atoms with Crippen LogP contribution in [0.3, 0.4) is 0 Å². The molecule has 1 aliphatic rings. The molecule has 1 amide bonds. The van der Waals surface area contributed by atoms with Crippen LogP contribution in [0, 0.1) is 17.1 Å². The topological polar surface area (TPSA) is 47.3 Å². The molecule has 0 spiro atoms. The van der Waals surface area contributed by atoms with Gasteiger partial charge in [0.1, 0.15) is 5.82 Å². The zero-order chi connectivity index (χ0) is 14.7. The predicted molar refractivity (Wildman–Crippen MR) is 74.0 cm³/mol. The van der Waals surface area contributed by atoms with Crippen LogP contribution in [0.2, 0.25) is 5.02 Å². The fraction of sp³-hybridized carbons (Fsp3) is 0.429. The van der Waals surface area contributed by atoms with Crippen LogP contribution in [0.5, 0.6) is 0 Å². The average molecular weight is 296 g/mol. The number of hydrogen-bond donors (Lipinski definition) is 0. The van der Waals surface area contributed by atoms with Crippen molar-refractivity contribution in [1.82, 2.24) is 9.80 Å². The van der Waals surface area contributed by atoms with Crippen molar-refractivity contribution in [2.24, 2.45) is 0 Å². The van der Waals surface area contributed by atoms with Crippen LogP contribution in [0.25, 0.3) is 0 Å². The maximum atomic E-state index is 13.4. The van der Waals surface area contributed by atoms with Gasteiger partial charge in [0.15, 0.2) is 0 Å². The first kappa shape index (κ1) is 14.8. The van der Waals surface area contributed by atoms with Gasteiger partial charge in [-0.25, -0.2) is 4.39 Å². The van der Waals surface area contributed by atoms with E-state index in [4.69, 9.17) is 16.9 Å². The SMILES string of the molecule is CC(C#N)N1CCN(C(=O)c2cccc(F)c2Cl)CC1. The molecule has 1 aliphatic heterocycles. The lowest BCUT2D eigenvalue weighted by Gasteiger charge is -2.36. The highest BCUT2D eigenvalue weighted by Crippen LogP contribution is 2.21. The van der Waals surface area contributed by atoms with E-state index < -0.39 is 5.82 Å². The summed E-state index contributed by atoms with van der Waals surface area (Å²) in [4.78, 5) is 16.0. The maximum Gasteiger partial charge on any atom is 0.255 e. The lowest BCUT2D eigenvalue weighted by molar-refractivity contribution is 0.0615. The number of carbonyl (C=O) groups excluding carboxylic acids is 1. The van der Waals surface area contributed by atoms with Gasteiger partial charge in [0.25, 0.3) is 5.91 Å². The van der Waals surface area contributed by atoms with Gasteiger partial charge in [0.2, 0.25) is 0 Å². The fourth-order valence-electron chi connectivity index (χ4n) is 2.23. The summed E-state index contributed by atoms with van der Waals surface area (Å²) < 4.78 is 13.4. The largest absolute Gasteiger partial charge is 0.336 e. The first-order valence-corrected chi connectivity index (χ1v) is 6.79. The molecule has 0 saturated carbocycles. The zero-order valence-electron chi connectivity index (χ0n) is 11.1. The van der Waals surface area contributed by atoms with Gasteiger partial charge in [-0.3, -0.25) is 9.69 Å². The molecular formula is C14H15ClFN3O. The highest BCUT2D eigenvalue weighted by molar-refractivity contribution is 6.34. The molecule has 1 fully saturated rings. The average Bonchev–Trinajstić information content (AvgIpc) is 2.48. The second-order valence-corrected chi connectivity index (χ2v) is 5.11. The normalized spacial score (nSPS) is 17.6. The van der Waals surface area contributed by atoms with Gasteiger partial charge in [-0.1, -0.05) is 17.7 Å². The summed E-state index contributed by atoms with van der Waals surface area (Å²) in [6.07, 6.45) is 0. The molecule has 1 atom stereocenters. The molecule has 106 valence electrons. The molecule has 0 radical (unpaired) electrons.